The number of aliphatic carboxylic acids is 1. The van der Waals surface area contributed by atoms with Gasteiger partial charge in [0.05, 0.1) is 0 Å². The van der Waals surface area contributed by atoms with E-state index >= 15 is 0 Å². The summed E-state index contributed by atoms with van der Waals surface area (Å²) in [7, 11) is 0. The summed E-state index contributed by atoms with van der Waals surface area (Å²) in [6.07, 6.45) is 11.7. The van der Waals surface area contributed by atoms with Gasteiger partial charge in [-0.25, -0.2) is 0 Å². The summed E-state index contributed by atoms with van der Waals surface area (Å²) in [6, 6.07) is 0. The molecule has 1 atom stereocenters. The molecular formula is C16H32NNaO3. The third kappa shape index (κ3) is 14.6. The number of carboxylic acid groups (broad SMARTS) is 1. The summed E-state index contributed by atoms with van der Waals surface area (Å²) < 4.78 is 0. The van der Waals surface area contributed by atoms with Crippen LogP contribution in [0.3, 0.4) is 0 Å². The molecule has 0 aromatic rings. The van der Waals surface area contributed by atoms with Gasteiger partial charge in [0.1, 0.15) is 6.54 Å². The Kier molecular flexibility index (Phi) is 18.0. The molecule has 0 radical (unpaired) electrons. The van der Waals surface area contributed by atoms with Gasteiger partial charge in [0.15, 0.2) is 0 Å². The number of unbranched alkanes of at least 4 members (excludes halogenated alkanes) is 7. The van der Waals surface area contributed by atoms with Gasteiger partial charge in [-0.15, -0.1) is 0 Å². The van der Waals surface area contributed by atoms with Gasteiger partial charge in [-0.2, -0.15) is 0 Å². The van der Waals surface area contributed by atoms with Crippen LogP contribution < -0.4 is 5.32 Å². The van der Waals surface area contributed by atoms with E-state index in [2.05, 4.69) is 12.2 Å². The van der Waals surface area contributed by atoms with Gasteiger partial charge in [-0.3, -0.25) is 9.59 Å². The summed E-state index contributed by atoms with van der Waals surface area (Å²) in [5, 5.41) is 11.0. The van der Waals surface area contributed by atoms with Crippen molar-refractivity contribution in [2.45, 2.75) is 78.1 Å². The molecule has 0 aromatic carbocycles. The molecule has 0 rings (SSSR count). The zero-order valence-electron chi connectivity index (χ0n) is 13.1. The minimum atomic E-state index is -0.986. The van der Waals surface area contributed by atoms with Crippen LogP contribution in [0.25, 0.3) is 0 Å². The number of carboxylic acids is 1. The number of hydrogen-bond donors (Lipinski definition) is 2. The molecule has 0 aliphatic rings. The minimum absolute atomic E-state index is 0. The second-order valence-corrected chi connectivity index (χ2v) is 5.48. The van der Waals surface area contributed by atoms with E-state index in [9.17, 15) is 9.59 Å². The fourth-order valence-electron chi connectivity index (χ4n) is 2.35. The molecule has 0 aromatic heterocycles. The second kappa shape index (κ2) is 16.3. The first kappa shape index (κ1) is 23.2. The van der Waals surface area contributed by atoms with E-state index < -0.39 is 5.97 Å². The summed E-state index contributed by atoms with van der Waals surface area (Å²) in [4.78, 5) is 22.1. The van der Waals surface area contributed by atoms with Crippen molar-refractivity contribution < 1.29 is 14.7 Å². The second-order valence-electron chi connectivity index (χ2n) is 5.48. The van der Waals surface area contributed by atoms with Gasteiger partial charge in [0, 0.05) is 5.92 Å². The van der Waals surface area contributed by atoms with E-state index in [0.29, 0.717) is 0 Å². The Hall–Kier alpha value is -0.0600. The number of amides is 1. The molecular weight excluding hydrogens is 277 g/mol. The molecule has 0 fully saturated rings. The monoisotopic (exact) mass is 309 g/mol. The van der Waals surface area contributed by atoms with Crippen LogP contribution in [0.5, 0.6) is 0 Å². The maximum atomic E-state index is 11.7. The van der Waals surface area contributed by atoms with Crippen molar-refractivity contribution >= 4 is 41.4 Å². The van der Waals surface area contributed by atoms with Gasteiger partial charge < -0.3 is 10.4 Å². The fourth-order valence-corrected chi connectivity index (χ4v) is 2.35. The molecule has 4 nitrogen and oxygen atoms in total. The SMILES string of the molecule is CCCCCCCCCCC(CC)C(=O)NCC(=O)O.[NaH]. The van der Waals surface area contributed by atoms with E-state index in [0.717, 1.165) is 19.3 Å². The molecule has 21 heavy (non-hydrogen) atoms. The van der Waals surface area contributed by atoms with Crippen LogP contribution in [0, 0.1) is 5.92 Å². The Morgan fingerprint density at radius 2 is 1.48 bits per heavy atom. The van der Waals surface area contributed by atoms with E-state index in [1.54, 1.807) is 0 Å². The van der Waals surface area contributed by atoms with Crippen LogP contribution in [-0.2, 0) is 9.59 Å². The average molecular weight is 309 g/mol. The summed E-state index contributed by atoms with van der Waals surface area (Å²) in [6.45, 7) is 3.93. The van der Waals surface area contributed by atoms with Crippen molar-refractivity contribution in [3.63, 3.8) is 0 Å². The Labute approximate surface area is 151 Å². The van der Waals surface area contributed by atoms with Gasteiger partial charge in [0.2, 0.25) is 5.91 Å². The third-order valence-electron chi connectivity index (χ3n) is 3.68. The van der Waals surface area contributed by atoms with Crippen LogP contribution >= 0.6 is 0 Å². The average Bonchev–Trinajstić information content (AvgIpc) is 2.43. The van der Waals surface area contributed by atoms with Crippen molar-refractivity contribution in [2.24, 2.45) is 5.92 Å². The molecule has 1 unspecified atom stereocenters. The molecule has 120 valence electrons. The number of rotatable bonds is 13. The molecule has 0 spiro atoms. The van der Waals surface area contributed by atoms with Gasteiger partial charge in [0.25, 0.3) is 0 Å². The van der Waals surface area contributed by atoms with E-state index in [4.69, 9.17) is 5.11 Å². The zero-order chi connectivity index (χ0) is 15.2. The molecule has 0 saturated carbocycles. The summed E-state index contributed by atoms with van der Waals surface area (Å²) >= 11 is 0. The zero-order valence-corrected chi connectivity index (χ0v) is 13.1. The summed E-state index contributed by atoms with van der Waals surface area (Å²) in [5.74, 6) is -1.13. The predicted octanol–water partition coefficient (Wildman–Crippen LogP) is 3.10. The molecule has 1 amide bonds. The van der Waals surface area contributed by atoms with Crippen molar-refractivity contribution in [1.82, 2.24) is 5.32 Å². The molecule has 0 heterocycles. The molecule has 0 aliphatic heterocycles. The molecule has 0 saturated heterocycles. The number of hydrogen-bond acceptors (Lipinski definition) is 2. The van der Waals surface area contributed by atoms with Crippen molar-refractivity contribution in [2.75, 3.05) is 6.54 Å². The van der Waals surface area contributed by atoms with Crippen LogP contribution in [0.4, 0.5) is 0 Å². The van der Waals surface area contributed by atoms with Gasteiger partial charge in [-0.05, 0) is 12.8 Å². The predicted molar refractivity (Wildman–Crippen MR) is 88.8 cm³/mol. The van der Waals surface area contributed by atoms with E-state index in [1.807, 2.05) is 6.92 Å². The maximum absolute atomic E-state index is 11.7. The van der Waals surface area contributed by atoms with Crippen molar-refractivity contribution in [3.05, 3.63) is 0 Å². The van der Waals surface area contributed by atoms with Gasteiger partial charge >= 0.3 is 35.5 Å². The van der Waals surface area contributed by atoms with E-state index in [-0.39, 0.29) is 47.9 Å². The Bertz CT molecular complexity index is 272. The normalized spacial score (nSPS) is 11.5. The Morgan fingerprint density at radius 1 is 0.952 bits per heavy atom. The van der Waals surface area contributed by atoms with Gasteiger partial charge in [-0.1, -0.05) is 65.2 Å². The number of carbonyl (C=O) groups is 2. The molecule has 0 aliphatic carbocycles. The summed E-state index contributed by atoms with van der Waals surface area (Å²) in [5.41, 5.74) is 0. The first-order valence-electron chi connectivity index (χ1n) is 8.11. The van der Waals surface area contributed by atoms with Crippen molar-refractivity contribution in [3.8, 4) is 0 Å². The molecule has 5 heteroatoms. The van der Waals surface area contributed by atoms with Crippen LogP contribution in [-0.4, -0.2) is 53.1 Å². The third-order valence-corrected chi connectivity index (χ3v) is 3.68. The first-order valence-corrected chi connectivity index (χ1v) is 8.11. The van der Waals surface area contributed by atoms with Crippen LogP contribution in [0.1, 0.15) is 78.1 Å². The number of carbonyl (C=O) groups excluding carboxylic acids is 1. The van der Waals surface area contributed by atoms with Crippen LogP contribution in [0.15, 0.2) is 0 Å². The topological polar surface area (TPSA) is 66.4 Å². The Balaban J connectivity index is 0. The quantitative estimate of drug-likeness (QED) is 0.406. The molecule has 0 bridgehead atoms. The standard InChI is InChI=1S/C16H31NO3.Na.H/c1-3-5-6-7-8-9-10-11-12-14(4-2)16(20)17-13-15(18)19;;/h14H,3-13H2,1-2H3,(H,17,20)(H,18,19);;. The van der Waals surface area contributed by atoms with Crippen LogP contribution in [0.2, 0.25) is 0 Å². The number of nitrogens with one attached hydrogen (secondary N) is 1. The Morgan fingerprint density at radius 3 is 1.95 bits per heavy atom. The first-order chi connectivity index (χ1) is 9.61. The molecule has 2 N–H and O–H groups in total. The van der Waals surface area contributed by atoms with E-state index in [1.165, 1.54) is 44.9 Å². The fraction of sp³-hybridized carbons (Fsp3) is 0.875. The van der Waals surface area contributed by atoms with Crippen molar-refractivity contribution in [1.29, 1.82) is 0 Å².